The van der Waals surface area contributed by atoms with Crippen molar-refractivity contribution in [2.24, 2.45) is 5.10 Å². The van der Waals surface area contributed by atoms with Gasteiger partial charge in [-0.15, -0.1) is 5.10 Å². The predicted octanol–water partition coefficient (Wildman–Crippen LogP) is 2.20. The molecule has 120 valence electrons. The quantitative estimate of drug-likeness (QED) is 0.463. The number of benzene rings is 1. The molecule has 7 heteroatoms. The van der Waals surface area contributed by atoms with Gasteiger partial charge in [-0.1, -0.05) is 42.5 Å². The molecule has 0 saturated carbocycles. The topological polar surface area (TPSA) is 67.1 Å². The van der Waals surface area contributed by atoms with E-state index < -0.39 is 0 Å². The lowest BCUT2D eigenvalue weighted by atomic mass is 10.2. The molecule has 0 aliphatic rings. The molecule has 0 atom stereocenters. The Morgan fingerprint density at radius 1 is 1.35 bits per heavy atom. The summed E-state index contributed by atoms with van der Waals surface area (Å²) in [6.45, 7) is 3.61. The predicted molar refractivity (Wildman–Crippen MR) is 97.1 cm³/mol. The van der Waals surface area contributed by atoms with E-state index in [1.165, 1.54) is 5.56 Å². The number of aromatic nitrogens is 3. The summed E-state index contributed by atoms with van der Waals surface area (Å²) in [5, 5.41) is 15.7. The molecular formula is C16H20N6S. The summed E-state index contributed by atoms with van der Waals surface area (Å²) < 4.78 is 1.80. The largest absolute Gasteiger partial charge is 0.361 e. The molecule has 2 rings (SSSR count). The second kappa shape index (κ2) is 9.47. The van der Waals surface area contributed by atoms with E-state index in [-0.39, 0.29) is 0 Å². The minimum atomic E-state index is 0.519. The van der Waals surface area contributed by atoms with Crippen molar-refractivity contribution in [1.29, 1.82) is 0 Å². The molecule has 0 unspecified atom stereocenters. The van der Waals surface area contributed by atoms with Crippen LogP contribution < -0.4 is 10.7 Å². The molecule has 0 spiro atoms. The molecule has 0 saturated heterocycles. The van der Waals surface area contributed by atoms with E-state index in [1.54, 1.807) is 17.0 Å². The number of hydrazone groups is 1. The zero-order chi connectivity index (χ0) is 16.3. The Balaban J connectivity index is 1.78. The molecule has 1 aromatic heterocycles. The lowest BCUT2D eigenvalue weighted by Gasteiger charge is -2.03. The monoisotopic (exact) mass is 328 g/mol. The van der Waals surface area contributed by atoms with Crippen molar-refractivity contribution in [3.05, 3.63) is 53.9 Å². The van der Waals surface area contributed by atoms with E-state index in [4.69, 9.17) is 12.2 Å². The average Bonchev–Trinajstić information content (AvgIpc) is 3.01. The summed E-state index contributed by atoms with van der Waals surface area (Å²) in [6, 6.07) is 10.1. The Kier molecular flexibility index (Phi) is 6.93. The second-order valence-corrected chi connectivity index (χ2v) is 5.24. The number of allylic oxidation sites excluding steroid dienone is 1. The average molecular weight is 328 g/mol. The molecule has 0 radical (unpaired) electrons. The summed E-state index contributed by atoms with van der Waals surface area (Å²) in [5.41, 5.74) is 4.70. The smallest absolute Gasteiger partial charge is 0.186 e. The number of hydrogen-bond donors (Lipinski definition) is 2. The molecule has 0 aliphatic heterocycles. The first-order valence-corrected chi connectivity index (χ1v) is 7.86. The van der Waals surface area contributed by atoms with Gasteiger partial charge in [0.2, 0.25) is 0 Å². The molecule has 6 nitrogen and oxygen atoms in total. The third kappa shape index (κ3) is 6.39. The number of nitrogens with zero attached hydrogens (tertiary/aromatic N) is 4. The van der Waals surface area contributed by atoms with Crippen LogP contribution in [0.5, 0.6) is 0 Å². The molecular weight excluding hydrogens is 308 g/mol. The van der Waals surface area contributed by atoms with E-state index in [0.29, 0.717) is 11.7 Å². The molecule has 0 bridgehead atoms. The third-order valence-corrected chi connectivity index (χ3v) is 3.11. The van der Waals surface area contributed by atoms with Crippen LogP contribution in [0.3, 0.4) is 0 Å². The van der Waals surface area contributed by atoms with Crippen molar-refractivity contribution in [2.45, 2.75) is 19.9 Å². The lowest BCUT2D eigenvalue weighted by molar-refractivity contribution is 0.649. The molecule has 2 N–H and O–H groups in total. The summed E-state index contributed by atoms with van der Waals surface area (Å²) in [4.78, 5) is 0. The third-order valence-electron chi connectivity index (χ3n) is 2.87. The van der Waals surface area contributed by atoms with Crippen molar-refractivity contribution < 1.29 is 0 Å². The highest BCUT2D eigenvalue weighted by atomic mass is 32.1. The van der Waals surface area contributed by atoms with Gasteiger partial charge >= 0.3 is 0 Å². The normalized spacial score (nSPS) is 11.2. The van der Waals surface area contributed by atoms with Gasteiger partial charge in [-0.05, 0) is 36.4 Å². The minimum absolute atomic E-state index is 0.519. The number of nitrogens with one attached hydrogen (secondary N) is 2. The highest BCUT2D eigenvalue weighted by molar-refractivity contribution is 7.80. The first kappa shape index (κ1) is 16.8. The van der Waals surface area contributed by atoms with Crippen LogP contribution in [0.1, 0.15) is 24.6 Å². The van der Waals surface area contributed by atoms with Gasteiger partial charge in [0, 0.05) is 12.8 Å². The van der Waals surface area contributed by atoms with E-state index in [0.717, 1.165) is 18.7 Å². The van der Waals surface area contributed by atoms with E-state index in [9.17, 15) is 0 Å². The van der Waals surface area contributed by atoms with Crippen LogP contribution in [0, 0.1) is 0 Å². The summed E-state index contributed by atoms with van der Waals surface area (Å²) in [5.74, 6) is 0. The van der Waals surface area contributed by atoms with Gasteiger partial charge in [-0.25, -0.2) is 4.68 Å². The molecule has 1 aromatic carbocycles. The first-order valence-electron chi connectivity index (χ1n) is 7.45. The van der Waals surface area contributed by atoms with Crippen molar-refractivity contribution in [1.82, 2.24) is 25.7 Å². The molecule has 0 aliphatic carbocycles. The maximum absolute atomic E-state index is 5.04. The number of hydrogen-bond acceptors (Lipinski definition) is 4. The fourth-order valence-electron chi connectivity index (χ4n) is 1.80. The Bertz CT molecular complexity index is 662. The fourth-order valence-corrected chi connectivity index (χ4v) is 1.95. The van der Waals surface area contributed by atoms with E-state index in [1.807, 2.05) is 30.5 Å². The van der Waals surface area contributed by atoms with Crippen molar-refractivity contribution >= 4 is 29.6 Å². The van der Waals surface area contributed by atoms with Crippen LogP contribution in [0.2, 0.25) is 0 Å². The highest BCUT2D eigenvalue weighted by Gasteiger charge is 1.98. The Hall–Kier alpha value is -2.54. The van der Waals surface area contributed by atoms with Gasteiger partial charge in [-0.3, -0.25) is 5.43 Å². The molecule has 0 fully saturated rings. The fraction of sp³-hybridized carbons (Fsp3) is 0.250. The zero-order valence-electron chi connectivity index (χ0n) is 13.0. The van der Waals surface area contributed by atoms with Crippen molar-refractivity contribution in [2.75, 3.05) is 6.54 Å². The van der Waals surface area contributed by atoms with Gasteiger partial charge in [0.15, 0.2) is 5.11 Å². The first-order chi connectivity index (χ1) is 11.3. The Morgan fingerprint density at radius 2 is 2.17 bits per heavy atom. The maximum atomic E-state index is 5.04. The molecule has 2 aromatic rings. The molecule has 23 heavy (non-hydrogen) atoms. The molecule has 1 heterocycles. The van der Waals surface area contributed by atoms with Gasteiger partial charge in [0.25, 0.3) is 0 Å². The summed E-state index contributed by atoms with van der Waals surface area (Å²) in [6.07, 6.45) is 8.15. The second-order valence-electron chi connectivity index (χ2n) is 4.83. The maximum Gasteiger partial charge on any atom is 0.186 e. The van der Waals surface area contributed by atoms with Crippen molar-refractivity contribution in [3.63, 3.8) is 0 Å². The van der Waals surface area contributed by atoms with Crippen LogP contribution in [-0.4, -0.2) is 32.9 Å². The summed E-state index contributed by atoms with van der Waals surface area (Å²) >= 11 is 5.04. The van der Waals surface area contributed by atoms with Crippen molar-refractivity contribution in [3.8, 4) is 0 Å². The van der Waals surface area contributed by atoms with Crippen LogP contribution in [0.15, 0.2) is 47.7 Å². The number of thiocarbonyl (C=S) groups is 1. The molecule has 0 amide bonds. The Morgan fingerprint density at radius 3 is 2.96 bits per heavy atom. The number of rotatable bonds is 7. The minimum Gasteiger partial charge on any atom is -0.361 e. The van der Waals surface area contributed by atoms with E-state index >= 15 is 0 Å². The van der Waals surface area contributed by atoms with E-state index in [2.05, 4.69) is 45.2 Å². The van der Waals surface area contributed by atoms with Crippen LogP contribution >= 0.6 is 12.2 Å². The van der Waals surface area contributed by atoms with Crippen LogP contribution in [0.4, 0.5) is 0 Å². The SMILES string of the molecule is CCCNC(=S)N/N=C\C=C\c1cn(Cc2ccccc2)nn1. The lowest BCUT2D eigenvalue weighted by Crippen LogP contribution is -2.32. The van der Waals surface area contributed by atoms with Gasteiger partial charge in [0.05, 0.1) is 12.7 Å². The zero-order valence-corrected chi connectivity index (χ0v) is 13.8. The van der Waals surface area contributed by atoms with Gasteiger partial charge < -0.3 is 5.32 Å². The van der Waals surface area contributed by atoms with Crippen LogP contribution in [-0.2, 0) is 6.54 Å². The standard InChI is InChI=1S/C16H20N6S/c1-2-10-17-16(23)20-18-11-6-9-15-13-22(21-19-15)12-14-7-4-3-5-8-14/h3-9,11,13H,2,10,12H2,1H3,(H2,17,20,23)/b9-6+,18-11-. The Labute approximate surface area is 141 Å². The van der Waals surface area contributed by atoms with Gasteiger partial charge in [-0.2, -0.15) is 5.10 Å². The van der Waals surface area contributed by atoms with Gasteiger partial charge in [0.1, 0.15) is 5.69 Å². The highest BCUT2D eigenvalue weighted by Crippen LogP contribution is 2.02. The van der Waals surface area contributed by atoms with Crippen LogP contribution in [0.25, 0.3) is 6.08 Å². The summed E-state index contributed by atoms with van der Waals surface area (Å²) in [7, 11) is 0.